The summed E-state index contributed by atoms with van der Waals surface area (Å²) in [6, 6.07) is 5.77. The van der Waals surface area contributed by atoms with E-state index in [1.54, 1.807) is 14.2 Å². The first-order valence-electron chi connectivity index (χ1n) is 7.82. The van der Waals surface area contributed by atoms with E-state index < -0.39 is 0 Å². The number of methoxy groups -OCH3 is 2. The van der Waals surface area contributed by atoms with Gasteiger partial charge in [0.2, 0.25) is 5.91 Å². The van der Waals surface area contributed by atoms with Crippen LogP contribution in [0.5, 0.6) is 11.5 Å². The average Bonchev–Trinajstić information content (AvgIpc) is 2.54. The lowest BCUT2D eigenvalue weighted by molar-refractivity contribution is -0.134. The molecule has 1 aromatic rings. The van der Waals surface area contributed by atoms with Crippen molar-refractivity contribution < 1.29 is 14.3 Å². The number of amides is 1. The molecular formula is C17H26N2O3. The summed E-state index contributed by atoms with van der Waals surface area (Å²) in [6.07, 6.45) is 3.56. The van der Waals surface area contributed by atoms with E-state index in [2.05, 4.69) is 0 Å². The Hall–Kier alpha value is -1.75. The van der Waals surface area contributed by atoms with Gasteiger partial charge >= 0.3 is 0 Å². The van der Waals surface area contributed by atoms with Crippen molar-refractivity contribution in [3.05, 3.63) is 23.8 Å². The fourth-order valence-corrected chi connectivity index (χ4v) is 3.08. The Kier molecular flexibility index (Phi) is 5.66. The maximum absolute atomic E-state index is 12.6. The number of benzene rings is 1. The summed E-state index contributed by atoms with van der Waals surface area (Å²) >= 11 is 0. The van der Waals surface area contributed by atoms with Gasteiger partial charge in [0.1, 0.15) is 0 Å². The highest BCUT2D eigenvalue weighted by Gasteiger charge is 2.29. The van der Waals surface area contributed by atoms with Crippen LogP contribution < -0.4 is 15.2 Å². The van der Waals surface area contributed by atoms with E-state index in [4.69, 9.17) is 15.2 Å². The molecule has 2 rings (SSSR count). The van der Waals surface area contributed by atoms with Crippen LogP contribution in [0.2, 0.25) is 0 Å². The van der Waals surface area contributed by atoms with Crippen molar-refractivity contribution in [2.45, 2.75) is 44.7 Å². The zero-order valence-electron chi connectivity index (χ0n) is 13.7. The largest absolute Gasteiger partial charge is 0.493 e. The number of carbonyl (C=O) groups is 1. The van der Waals surface area contributed by atoms with Gasteiger partial charge in [-0.25, -0.2) is 0 Å². The summed E-state index contributed by atoms with van der Waals surface area (Å²) < 4.78 is 10.5. The molecule has 0 aliphatic carbocycles. The molecule has 2 unspecified atom stereocenters. The van der Waals surface area contributed by atoms with Gasteiger partial charge in [-0.15, -0.1) is 0 Å². The molecule has 0 bridgehead atoms. The lowest BCUT2D eigenvalue weighted by Crippen LogP contribution is -2.52. The van der Waals surface area contributed by atoms with Crippen LogP contribution in [0, 0.1) is 0 Å². The van der Waals surface area contributed by atoms with Crippen LogP contribution >= 0.6 is 0 Å². The van der Waals surface area contributed by atoms with Crippen LogP contribution in [0.25, 0.3) is 0 Å². The van der Waals surface area contributed by atoms with Gasteiger partial charge in [0, 0.05) is 18.6 Å². The van der Waals surface area contributed by atoms with E-state index in [1.165, 1.54) is 0 Å². The van der Waals surface area contributed by atoms with Crippen LogP contribution in [-0.4, -0.2) is 43.7 Å². The molecule has 1 heterocycles. The first-order valence-corrected chi connectivity index (χ1v) is 7.82. The highest BCUT2D eigenvalue weighted by atomic mass is 16.5. The van der Waals surface area contributed by atoms with Crippen molar-refractivity contribution in [2.24, 2.45) is 5.73 Å². The summed E-state index contributed by atoms with van der Waals surface area (Å²) in [4.78, 5) is 14.6. The molecule has 22 heavy (non-hydrogen) atoms. The third kappa shape index (κ3) is 3.71. The van der Waals surface area contributed by atoms with Crippen LogP contribution in [0.4, 0.5) is 0 Å². The number of ether oxygens (including phenoxy) is 2. The van der Waals surface area contributed by atoms with Gasteiger partial charge in [-0.2, -0.15) is 0 Å². The van der Waals surface area contributed by atoms with Crippen LogP contribution in [0.15, 0.2) is 18.2 Å². The van der Waals surface area contributed by atoms with Crippen molar-refractivity contribution in [3.8, 4) is 11.5 Å². The van der Waals surface area contributed by atoms with Gasteiger partial charge in [0.15, 0.2) is 11.5 Å². The zero-order valence-corrected chi connectivity index (χ0v) is 13.7. The second-order valence-electron chi connectivity index (χ2n) is 5.88. The monoisotopic (exact) mass is 306 g/mol. The Balaban J connectivity index is 2.10. The number of piperidine rings is 1. The summed E-state index contributed by atoms with van der Waals surface area (Å²) in [7, 11) is 3.20. The molecular weight excluding hydrogens is 280 g/mol. The molecule has 122 valence electrons. The lowest BCUT2D eigenvalue weighted by Gasteiger charge is -2.38. The van der Waals surface area contributed by atoms with Gasteiger partial charge in [-0.3, -0.25) is 4.79 Å². The summed E-state index contributed by atoms with van der Waals surface area (Å²) in [5, 5.41) is 0. The van der Waals surface area contributed by atoms with Gasteiger partial charge < -0.3 is 20.1 Å². The minimum atomic E-state index is 0.00894. The first kappa shape index (κ1) is 16.6. The fraction of sp³-hybridized carbons (Fsp3) is 0.588. The van der Waals surface area contributed by atoms with Crippen molar-refractivity contribution in [3.63, 3.8) is 0 Å². The highest BCUT2D eigenvalue weighted by molar-refractivity contribution is 5.79. The van der Waals surface area contributed by atoms with E-state index in [0.717, 1.165) is 31.4 Å². The van der Waals surface area contributed by atoms with Crippen LogP contribution in [0.3, 0.4) is 0 Å². The molecule has 0 saturated carbocycles. The maximum Gasteiger partial charge on any atom is 0.227 e. The predicted molar refractivity (Wildman–Crippen MR) is 86.3 cm³/mol. The number of nitrogens with two attached hydrogens (primary N) is 1. The van der Waals surface area contributed by atoms with E-state index in [0.29, 0.717) is 17.9 Å². The lowest BCUT2D eigenvalue weighted by atomic mass is 9.96. The SMILES string of the molecule is COc1ccc(CC(=O)N2CCCCC2C(C)N)cc1OC. The van der Waals surface area contributed by atoms with Gasteiger partial charge in [-0.1, -0.05) is 6.07 Å². The molecule has 0 radical (unpaired) electrons. The number of rotatable bonds is 5. The summed E-state index contributed by atoms with van der Waals surface area (Å²) in [5.74, 6) is 1.45. The number of likely N-dealkylation sites (tertiary alicyclic amines) is 1. The Morgan fingerprint density at radius 1 is 1.32 bits per heavy atom. The van der Waals surface area contributed by atoms with Crippen molar-refractivity contribution in [1.29, 1.82) is 0 Å². The number of hydrogen-bond acceptors (Lipinski definition) is 4. The van der Waals surface area contributed by atoms with Gasteiger partial charge in [0.05, 0.1) is 20.6 Å². The summed E-state index contributed by atoms with van der Waals surface area (Å²) in [6.45, 7) is 2.78. The van der Waals surface area contributed by atoms with Crippen LogP contribution in [0.1, 0.15) is 31.7 Å². The van der Waals surface area contributed by atoms with Crippen molar-refractivity contribution in [2.75, 3.05) is 20.8 Å². The second kappa shape index (κ2) is 7.49. The molecule has 1 amide bonds. The topological polar surface area (TPSA) is 64.8 Å². The van der Waals surface area contributed by atoms with E-state index in [-0.39, 0.29) is 18.0 Å². The normalized spacial score (nSPS) is 19.6. The molecule has 2 N–H and O–H groups in total. The highest BCUT2D eigenvalue weighted by Crippen LogP contribution is 2.28. The quantitative estimate of drug-likeness (QED) is 0.903. The third-order valence-corrected chi connectivity index (χ3v) is 4.28. The van der Waals surface area contributed by atoms with E-state index >= 15 is 0 Å². The number of hydrogen-bond donors (Lipinski definition) is 1. The Bertz CT molecular complexity index is 517. The Labute approximate surface area is 132 Å². The minimum Gasteiger partial charge on any atom is -0.493 e. The van der Waals surface area contributed by atoms with Crippen molar-refractivity contribution >= 4 is 5.91 Å². The molecule has 0 spiro atoms. The minimum absolute atomic E-state index is 0.00894. The number of carbonyl (C=O) groups excluding carboxylic acids is 1. The third-order valence-electron chi connectivity index (χ3n) is 4.28. The first-order chi connectivity index (χ1) is 10.6. The number of nitrogens with zero attached hydrogens (tertiary/aromatic N) is 1. The molecule has 1 fully saturated rings. The van der Waals surface area contributed by atoms with Gasteiger partial charge in [-0.05, 0) is 43.9 Å². The van der Waals surface area contributed by atoms with Crippen LogP contribution in [-0.2, 0) is 11.2 Å². The Morgan fingerprint density at radius 2 is 2.05 bits per heavy atom. The molecule has 1 saturated heterocycles. The molecule has 1 aliphatic rings. The standard InChI is InChI=1S/C17H26N2O3/c1-12(18)14-6-4-5-9-19(14)17(20)11-13-7-8-15(21-2)16(10-13)22-3/h7-8,10,12,14H,4-6,9,11,18H2,1-3H3. The molecule has 0 aromatic heterocycles. The molecule has 5 nitrogen and oxygen atoms in total. The smallest absolute Gasteiger partial charge is 0.227 e. The van der Waals surface area contributed by atoms with E-state index in [1.807, 2.05) is 30.0 Å². The second-order valence-corrected chi connectivity index (χ2v) is 5.88. The summed E-state index contributed by atoms with van der Waals surface area (Å²) in [5.41, 5.74) is 6.97. The van der Waals surface area contributed by atoms with E-state index in [9.17, 15) is 4.79 Å². The van der Waals surface area contributed by atoms with Crippen molar-refractivity contribution in [1.82, 2.24) is 4.90 Å². The molecule has 2 atom stereocenters. The van der Waals surface area contributed by atoms with Gasteiger partial charge in [0.25, 0.3) is 0 Å². The fourth-order valence-electron chi connectivity index (χ4n) is 3.08. The Morgan fingerprint density at radius 3 is 2.68 bits per heavy atom. The average molecular weight is 306 g/mol. The predicted octanol–water partition coefficient (Wildman–Crippen LogP) is 1.97. The zero-order chi connectivity index (χ0) is 16.1. The molecule has 1 aromatic carbocycles. The maximum atomic E-state index is 12.6. The molecule has 1 aliphatic heterocycles. The molecule has 5 heteroatoms.